The van der Waals surface area contributed by atoms with E-state index in [1.165, 1.54) is 38.5 Å². The number of nitrogens with zero attached hydrogens (tertiary/aromatic N) is 3. The molecule has 4 nitrogen and oxygen atoms in total. The van der Waals surface area contributed by atoms with E-state index in [0.29, 0.717) is 5.41 Å². The third-order valence-corrected chi connectivity index (χ3v) is 6.19. The molecule has 1 aromatic heterocycles. The molecule has 4 bridgehead atoms. The molecular weight excluding hydrogens is 262 g/mol. The van der Waals surface area contributed by atoms with E-state index in [0.717, 1.165) is 48.8 Å². The Morgan fingerprint density at radius 2 is 1.62 bits per heavy atom. The highest BCUT2D eigenvalue weighted by Crippen LogP contribution is 2.60. The van der Waals surface area contributed by atoms with Gasteiger partial charge in [-0.15, -0.1) is 10.2 Å². The first-order valence-corrected chi connectivity index (χ1v) is 8.73. The molecule has 0 amide bonds. The van der Waals surface area contributed by atoms with Crippen LogP contribution in [-0.4, -0.2) is 19.9 Å². The highest BCUT2D eigenvalue weighted by molar-refractivity contribution is 5.07. The molecule has 0 aliphatic heterocycles. The molecule has 0 atom stereocenters. The maximum absolute atomic E-state index is 9.46. The molecule has 0 radical (unpaired) electrons. The van der Waals surface area contributed by atoms with Crippen LogP contribution >= 0.6 is 0 Å². The van der Waals surface area contributed by atoms with Gasteiger partial charge in [-0.2, -0.15) is 0 Å². The number of aliphatic hydroxyl groups is 1. The summed E-state index contributed by atoms with van der Waals surface area (Å²) in [6.07, 6.45) is 10.8. The molecule has 4 heteroatoms. The summed E-state index contributed by atoms with van der Waals surface area (Å²) in [6, 6.07) is 0. The highest BCUT2D eigenvalue weighted by Gasteiger charge is 2.51. The van der Waals surface area contributed by atoms with Gasteiger partial charge in [0.25, 0.3) is 0 Å². The Labute approximate surface area is 127 Å². The van der Waals surface area contributed by atoms with Crippen molar-refractivity contribution in [3.8, 4) is 0 Å². The van der Waals surface area contributed by atoms with Gasteiger partial charge in [0.05, 0.1) is 0 Å². The van der Waals surface area contributed by atoms with E-state index in [9.17, 15) is 5.11 Å². The lowest BCUT2D eigenvalue weighted by Crippen LogP contribution is -2.47. The van der Waals surface area contributed by atoms with Crippen LogP contribution < -0.4 is 0 Å². The van der Waals surface area contributed by atoms with Gasteiger partial charge in [0.15, 0.2) is 5.82 Å². The van der Waals surface area contributed by atoms with Crippen LogP contribution in [0.1, 0.15) is 63.5 Å². The molecule has 116 valence electrons. The van der Waals surface area contributed by atoms with Gasteiger partial charge in [-0.3, -0.25) is 0 Å². The van der Waals surface area contributed by atoms with E-state index in [-0.39, 0.29) is 6.61 Å². The van der Waals surface area contributed by atoms with Crippen molar-refractivity contribution in [2.75, 3.05) is 0 Å². The van der Waals surface area contributed by atoms with E-state index in [4.69, 9.17) is 0 Å². The predicted molar refractivity (Wildman–Crippen MR) is 80.5 cm³/mol. The Balaban J connectivity index is 1.60. The van der Waals surface area contributed by atoms with Crippen LogP contribution in [0.3, 0.4) is 0 Å². The maximum Gasteiger partial charge on any atom is 0.158 e. The first kappa shape index (κ1) is 13.7. The molecule has 1 heterocycles. The lowest BCUT2D eigenvalue weighted by atomic mass is 9.49. The standard InChI is InChI=1S/C17H27N3O/c1-2-3-20-15(18-19-16(20)11-21)10-17-7-12-4-13(8-17)6-14(5-12)9-17/h12-14,21H,2-11H2,1H3. The zero-order valence-electron chi connectivity index (χ0n) is 13.1. The van der Waals surface area contributed by atoms with Gasteiger partial charge in [-0.25, -0.2) is 0 Å². The average molecular weight is 289 g/mol. The predicted octanol–water partition coefficient (Wildman–Crippen LogP) is 2.94. The largest absolute Gasteiger partial charge is 0.388 e. The normalized spacial score (nSPS) is 37.3. The minimum Gasteiger partial charge on any atom is -0.388 e. The van der Waals surface area contributed by atoms with Gasteiger partial charge < -0.3 is 9.67 Å². The van der Waals surface area contributed by atoms with Gasteiger partial charge in [0.1, 0.15) is 12.4 Å². The second-order valence-electron chi connectivity index (χ2n) is 7.94. The summed E-state index contributed by atoms with van der Waals surface area (Å²) in [5, 5.41) is 18.1. The summed E-state index contributed by atoms with van der Waals surface area (Å²) in [7, 11) is 0. The van der Waals surface area contributed by atoms with Crippen molar-refractivity contribution in [2.24, 2.45) is 23.2 Å². The third-order valence-electron chi connectivity index (χ3n) is 6.19. The van der Waals surface area contributed by atoms with Crippen LogP contribution in [0.25, 0.3) is 0 Å². The van der Waals surface area contributed by atoms with Gasteiger partial charge in [-0.05, 0) is 68.1 Å². The van der Waals surface area contributed by atoms with Gasteiger partial charge in [-0.1, -0.05) is 6.92 Å². The van der Waals surface area contributed by atoms with Crippen LogP contribution in [-0.2, 0) is 19.6 Å². The molecule has 4 fully saturated rings. The monoisotopic (exact) mass is 289 g/mol. The van der Waals surface area contributed by atoms with Crippen LogP contribution in [0, 0.1) is 23.2 Å². The number of hydrogen-bond acceptors (Lipinski definition) is 3. The van der Waals surface area contributed by atoms with Crippen molar-refractivity contribution < 1.29 is 5.11 Å². The molecule has 4 saturated carbocycles. The Bertz CT molecular complexity index is 487. The minimum absolute atomic E-state index is 0.00781. The molecule has 4 aliphatic carbocycles. The van der Waals surface area contributed by atoms with Crippen molar-refractivity contribution in [1.82, 2.24) is 14.8 Å². The van der Waals surface area contributed by atoms with E-state index in [1.807, 2.05) is 0 Å². The lowest BCUT2D eigenvalue weighted by Gasteiger charge is -2.56. The Kier molecular flexibility index (Phi) is 3.32. The van der Waals surface area contributed by atoms with Crippen molar-refractivity contribution in [2.45, 2.75) is 71.4 Å². The number of rotatable bonds is 5. The molecule has 0 aromatic carbocycles. The second-order valence-corrected chi connectivity index (χ2v) is 7.94. The lowest BCUT2D eigenvalue weighted by molar-refractivity contribution is -0.0536. The molecule has 0 unspecified atom stereocenters. The van der Waals surface area contributed by atoms with Crippen LogP contribution in [0.2, 0.25) is 0 Å². The van der Waals surface area contributed by atoms with E-state index >= 15 is 0 Å². The van der Waals surface area contributed by atoms with Gasteiger partial charge in [0.2, 0.25) is 0 Å². The maximum atomic E-state index is 9.46. The van der Waals surface area contributed by atoms with Crippen molar-refractivity contribution >= 4 is 0 Å². The summed E-state index contributed by atoms with van der Waals surface area (Å²) in [6.45, 7) is 3.12. The van der Waals surface area contributed by atoms with Gasteiger partial charge in [0, 0.05) is 13.0 Å². The summed E-state index contributed by atoms with van der Waals surface area (Å²) < 4.78 is 2.18. The fraction of sp³-hybridized carbons (Fsp3) is 0.882. The topological polar surface area (TPSA) is 50.9 Å². The van der Waals surface area contributed by atoms with Gasteiger partial charge >= 0.3 is 0 Å². The van der Waals surface area contributed by atoms with E-state index in [1.54, 1.807) is 0 Å². The van der Waals surface area contributed by atoms with Crippen LogP contribution in [0.4, 0.5) is 0 Å². The summed E-state index contributed by atoms with van der Waals surface area (Å²) >= 11 is 0. The smallest absolute Gasteiger partial charge is 0.158 e. The van der Waals surface area contributed by atoms with E-state index in [2.05, 4.69) is 21.7 Å². The van der Waals surface area contributed by atoms with E-state index < -0.39 is 0 Å². The molecule has 1 N–H and O–H groups in total. The Morgan fingerprint density at radius 1 is 1.05 bits per heavy atom. The van der Waals surface area contributed by atoms with Crippen LogP contribution in [0.5, 0.6) is 0 Å². The quantitative estimate of drug-likeness (QED) is 0.906. The summed E-state index contributed by atoms with van der Waals surface area (Å²) in [5.41, 5.74) is 0.500. The first-order chi connectivity index (χ1) is 10.2. The SMILES string of the molecule is CCCn1c(CO)nnc1CC12CC3CC(CC(C3)C1)C2. The van der Waals surface area contributed by atoms with Crippen LogP contribution in [0.15, 0.2) is 0 Å². The molecule has 1 aromatic rings. The zero-order valence-corrected chi connectivity index (χ0v) is 13.1. The number of hydrogen-bond donors (Lipinski definition) is 1. The summed E-state index contributed by atoms with van der Waals surface area (Å²) in [5.74, 6) is 4.82. The molecule has 5 rings (SSSR count). The molecular formula is C17H27N3O. The zero-order chi connectivity index (χ0) is 14.4. The van der Waals surface area contributed by atoms with Crippen molar-refractivity contribution in [3.63, 3.8) is 0 Å². The molecule has 0 spiro atoms. The second kappa shape index (κ2) is 5.08. The molecule has 0 saturated heterocycles. The number of aromatic nitrogens is 3. The minimum atomic E-state index is 0.00781. The highest BCUT2D eigenvalue weighted by atomic mass is 16.3. The van der Waals surface area contributed by atoms with Crippen molar-refractivity contribution in [3.05, 3.63) is 11.6 Å². The average Bonchev–Trinajstić information content (AvgIpc) is 2.79. The Hall–Kier alpha value is -0.900. The summed E-state index contributed by atoms with van der Waals surface area (Å²) in [4.78, 5) is 0. The Morgan fingerprint density at radius 3 is 2.14 bits per heavy atom. The molecule has 4 aliphatic rings. The fourth-order valence-electron chi connectivity index (χ4n) is 5.94. The fourth-order valence-corrected chi connectivity index (χ4v) is 5.94. The number of aliphatic hydroxyl groups excluding tert-OH is 1. The molecule has 21 heavy (non-hydrogen) atoms. The third kappa shape index (κ3) is 2.32. The van der Waals surface area contributed by atoms with Crippen molar-refractivity contribution in [1.29, 1.82) is 0 Å². The first-order valence-electron chi connectivity index (χ1n) is 8.73.